The van der Waals surface area contributed by atoms with Crippen LogP contribution in [-0.2, 0) is 10.2 Å². The number of rotatable bonds is 9. The maximum atomic E-state index is 14.2. The number of nitrogens with one attached hydrogen (secondary N) is 1. The van der Waals surface area contributed by atoms with E-state index in [1.807, 2.05) is 19.3 Å². The van der Waals surface area contributed by atoms with Crippen molar-refractivity contribution in [1.29, 1.82) is 0 Å². The minimum atomic E-state index is 0. The first kappa shape index (κ1) is 31.8. The average molecular weight is 615 g/mol. The highest BCUT2D eigenvalue weighted by molar-refractivity contribution is 5.94. The van der Waals surface area contributed by atoms with Crippen molar-refractivity contribution >= 4 is 11.7 Å². The number of methoxy groups -OCH3 is 1. The molecule has 0 saturated heterocycles. The second kappa shape index (κ2) is 13.7. The molecule has 5 aliphatic rings. The molecule has 2 heterocycles. The topological polar surface area (TPSA) is 80.5 Å². The van der Waals surface area contributed by atoms with Gasteiger partial charge < -0.3 is 14.5 Å². The molecule has 0 radical (unpaired) electrons. The molecular weight excluding hydrogens is 560 g/mol. The number of aryl methyl sites for hydroxylation is 1. The zero-order valence-corrected chi connectivity index (χ0v) is 27.9. The second-order valence-corrected chi connectivity index (χ2v) is 14.2. The Balaban J connectivity index is 0.000000789. The SMILES string of the molecule is CCNC.COc1ccc(C23CCC(CN(C(=O)C4CCCCC4)c4cc(-c5coc(C6CC6)n5)ccn4)(CC2)CC3)cc1C.[HH]. The van der Waals surface area contributed by atoms with Gasteiger partial charge >= 0.3 is 0 Å². The van der Waals surface area contributed by atoms with Gasteiger partial charge in [0.15, 0.2) is 5.89 Å². The van der Waals surface area contributed by atoms with Crippen LogP contribution in [0.5, 0.6) is 5.75 Å². The number of oxazole rings is 1. The normalized spacial score (nSPS) is 24.5. The zero-order chi connectivity index (χ0) is 31.4. The van der Waals surface area contributed by atoms with E-state index in [9.17, 15) is 4.79 Å². The molecule has 7 nitrogen and oxygen atoms in total. The van der Waals surface area contributed by atoms with Crippen LogP contribution in [-0.4, -0.2) is 43.1 Å². The van der Waals surface area contributed by atoms with Gasteiger partial charge in [0, 0.05) is 31.6 Å². The van der Waals surface area contributed by atoms with Crippen molar-refractivity contribution < 1.29 is 15.4 Å². The Labute approximate surface area is 271 Å². The molecular formula is C38H54N4O3. The lowest BCUT2D eigenvalue weighted by molar-refractivity contribution is -0.124. The Hall–Kier alpha value is -3.19. The number of amides is 1. The fourth-order valence-electron chi connectivity index (χ4n) is 7.98. The van der Waals surface area contributed by atoms with E-state index in [-0.39, 0.29) is 24.1 Å². The molecule has 0 atom stereocenters. The summed E-state index contributed by atoms with van der Waals surface area (Å²) in [4.78, 5) is 25.9. The number of hydrogen-bond acceptors (Lipinski definition) is 6. The number of aromatic nitrogens is 2. The van der Waals surface area contributed by atoms with E-state index in [1.54, 1.807) is 13.4 Å². The number of fused-ring (bicyclic) bond motifs is 3. The van der Waals surface area contributed by atoms with E-state index in [2.05, 4.69) is 48.3 Å². The Kier molecular flexibility index (Phi) is 9.65. The number of benzene rings is 1. The first-order chi connectivity index (χ1) is 21.9. The standard InChI is InChI=1S/C35H43N3O3.C3H9N.H2/c1-24-20-28(10-11-30(24)40-2)35-16-13-34(14-17-35,15-18-35)23-38(33(39)26-6-4-3-5-7-26)31-21-27(12-19-36-31)29-22-41-32(37-29)25-8-9-25;1-3-4-2;/h10-12,19-22,25-26H,3-9,13-18,23H2,1-2H3;4H,3H2,1-2H3;1H. The third kappa shape index (κ3) is 6.84. The van der Waals surface area contributed by atoms with E-state index in [1.165, 1.54) is 36.8 Å². The molecule has 45 heavy (non-hydrogen) atoms. The third-order valence-electron chi connectivity index (χ3n) is 11.2. The molecule has 3 aromatic rings. The predicted octanol–water partition coefficient (Wildman–Crippen LogP) is 8.61. The van der Waals surface area contributed by atoms with Crippen LogP contribution in [0.3, 0.4) is 0 Å². The fourth-order valence-corrected chi connectivity index (χ4v) is 7.98. The predicted molar refractivity (Wildman–Crippen MR) is 182 cm³/mol. The summed E-state index contributed by atoms with van der Waals surface area (Å²) in [6, 6.07) is 10.8. The van der Waals surface area contributed by atoms with Gasteiger partial charge in [-0.2, -0.15) is 0 Å². The number of ether oxygens (including phenoxy) is 1. The van der Waals surface area contributed by atoms with Crippen molar-refractivity contribution in [2.45, 2.75) is 109 Å². The van der Waals surface area contributed by atoms with E-state index in [0.717, 1.165) is 99.6 Å². The van der Waals surface area contributed by atoms with Gasteiger partial charge in [0.05, 0.1) is 7.11 Å². The van der Waals surface area contributed by atoms with Gasteiger partial charge in [-0.05, 0) is 125 Å². The summed E-state index contributed by atoms with van der Waals surface area (Å²) in [5.41, 5.74) is 4.90. The van der Waals surface area contributed by atoms with Gasteiger partial charge in [0.25, 0.3) is 0 Å². The molecule has 0 aliphatic heterocycles. The second-order valence-electron chi connectivity index (χ2n) is 14.2. The molecule has 244 valence electrons. The van der Waals surface area contributed by atoms with Gasteiger partial charge in [0.2, 0.25) is 5.91 Å². The Morgan fingerprint density at radius 3 is 2.38 bits per heavy atom. The molecule has 1 N–H and O–H groups in total. The van der Waals surface area contributed by atoms with Crippen LogP contribution in [0.15, 0.2) is 47.2 Å². The molecule has 2 aromatic heterocycles. The molecule has 0 spiro atoms. The third-order valence-corrected chi connectivity index (χ3v) is 11.2. The summed E-state index contributed by atoms with van der Waals surface area (Å²) < 4.78 is 11.3. The van der Waals surface area contributed by atoms with Gasteiger partial charge in [-0.1, -0.05) is 38.3 Å². The van der Waals surface area contributed by atoms with E-state index in [0.29, 0.717) is 5.92 Å². The number of pyridine rings is 1. The van der Waals surface area contributed by atoms with Gasteiger partial charge in [-0.3, -0.25) is 9.69 Å². The summed E-state index contributed by atoms with van der Waals surface area (Å²) >= 11 is 0. The molecule has 2 bridgehead atoms. The number of carbonyl (C=O) groups excluding carboxylic acids is 1. The number of hydrogen-bond donors (Lipinski definition) is 1. The first-order valence-corrected chi connectivity index (χ1v) is 17.4. The minimum absolute atomic E-state index is 0. The van der Waals surface area contributed by atoms with Crippen LogP contribution >= 0.6 is 0 Å². The lowest BCUT2D eigenvalue weighted by Gasteiger charge is -2.55. The lowest BCUT2D eigenvalue weighted by Crippen LogP contribution is -2.51. The quantitative estimate of drug-likeness (QED) is 0.260. The van der Waals surface area contributed by atoms with Crippen LogP contribution in [0.2, 0.25) is 0 Å². The van der Waals surface area contributed by atoms with Crippen LogP contribution < -0.4 is 15.0 Å². The summed E-state index contributed by atoms with van der Waals surface area (Å²) in [6.45, 7) is 6.05. The Morgan fingerprint density at radius 2 is 1.76 bits per heavy atom. The lowest BCUT2D eigenvalue weighted by atomic mass is 9.51. The number of carbonyl (C=O) groups is 1. The summed E-state index contributed by atoms with van der Waals surface area (Å²) in [7, 11) is 3.68. The van der Waals surface area contributed by atoms with Crippen LogP contribution in [0.4, 0.5) is 5.82 Å². The summed E-state index contributed by atoms with van der Waals surface area (Å²) in [6.07, 6.45) is 18.5. The van der Waals surface area contributed by atoms with Crippen molar-refractivity contribution in [2.75, 3.05) is 32.1 Å². The highest BCUT2D eigenvalue weighted by atomic mass is 16.5. The molecule has 5 saturated carbocycles. The van der Waals surface area contributed by atoms with Crippen LogP contribution in [0.1, 0.15) is 115 Å². The fraction of sp³-hybridized carbons (Fsp3) is 0.605. The first-order valence-electron chi connectivity index (χ1n) is 17.4. The zero-order valence-electron chi connectivity index (χ0n) is 27.9. The van der Waals surface area contributed by atoms with Crippen molar-refractivity contribution in [3.8, 4) is 17.0 Å². The maximum Gasteiger partial charge on any atom is 0.231 e. The molecule has 1 amide bonds. The Bertz CT molecular complexity index is 1440. The summed E-state index contributed by atoms with van der Waals surface area (Å²) in [5, 5.41) is 2.93. The highest BCUT2D eigenvalue weighted by Gasteiger charge is 2.50. The smallest absolute Gasteiger partial charge is 0.231 e. The van der Waals surface area contributed by atoms with Crippen molar-refractivity contribution in [2.24, 2.45) is 11.3 Å². The van der Waals surface area contributed by atoms with Gasteiger partial charge in [-0.15, -0.1) is 0 Å². The molecule has 0 unspecified atom stereocenters. The molecule has 7 heteroatoms. The van der Waals surface area contributed by atoms with E-state index in [4.69, 9.17) is 19.1 Å². The molecule has 1 aromatic carbocycles. The molecule has 8 rings (SSSR count). The number of anilines is 1. The van der Waals surface area contributed by atoms with Crippen LogP contribution in [0, 0.1) is 18.3 Å². The van der Waals surface area contributed by atoms with Crippen molar-refractivity contribution in [3.05, 3.63) is 59.8 Å². The van der Waals surface area contributed by atoms with Crippen molar-refractivity contribution in [1.82, 2.24) is 15.3 Å². The maximum absolute atomic E-state index is 14.2. The Morgan fingerprint density at radius 1 is 1.04 bits per heavy atom. The highest BCUT2D eigenvalue weighted by Crippen LogP contribution is 2.58. The number of nitrogens with zero attached hydrogens (tertiary/aromatic N) is 3. The van der Waals surface area contributed by atoms with Gasteiger partial charge in [0.1, 0.15) is 23.5 Å². The minimum Gasteiger partial charge on any atom is -0.496 e. The monoisotopic (exact) mass is 614 g/mol. The van der Waals surface area contributed by atoms with E-state index >= 15 is 0 Å². The molecule has 5 fully saturated rings. The van der Waals surface area contributed by atoms with Gasteiger partial charge in [-0.25, -0.2) is 9.97 Å². The average Bonchev–Trinajstić information content (AvgIpc) is 3.84. The largest absolute Gasteiger partial charge is 0.496 e. The molecule has 5 aliphatic carbocycles. The van der Waals surface area contributed by atoms with Crippen LogP contribution in [0.25, 0.3) is 11.3 Å². The summed E-state index contributed by atoms with van der Waals surface area (Å²) in [5.74, 6) is 3.43. The van der Waals surface area contributed by atoms with E-state index < -0.39 is 0 Å². The van der Waals surface area contributed by atoms with Crippen molar-refractivity contribution in [3.63, 3.8) is 0 Å².